The summed E-state index contributed by atoms with van der Waals surface area (Å²) in [7, 11) is -2.38. The number of hydrogen-bond acceptors (Lipinski definition) is 5. The first-order valence-corrected chi connectivity index (χ1v) is 11.0. The number of carbonyl (C=O) groups is 1. The Bertz CT molecular complexity index is 1260. The zero-order valence-corrected chi connectivity index (χ0v) is 17.4. The number of aromatic amines is 1. The smallest absolute Gasteiger partial charge is 0.311 e. The number of likely N-dealkylation sites (N-methyl/N-ethyl adjacent to an activating group) is 1. The molecule has 1 aliphatic heterocycles. The number of carbonyl (C=O) groups excluding carboxylic acids is 1. The number of hydrogen-bond donors (Lipinski definition) is 2. The number of benzene rings is 2. The molecule has 0 radical (unpaired) electrons. The van der Waals surface area contributed by atoms with Crippen molar-refractivity contribution in [2.75, 3.05) is 18.5 Å². The van der Waals surface area contributed by atoms with E-state index in [-0.39, 0.29) is 23.4 Å². The number of nitrogens with zero attached hydrogens (tertiary/aromatic N) is 2. The Balaban J connectivity index is 1.72. The molecule has 1 atom stereocenters. The highest BCUT2D eigenvalue weighted by Crippen LogP contribution is 2.34. The van der Waals surface area contributed by atoms with Crippen LogP contribution in [0.1, 0.15) is 12.5 Å². The van der Waals surface area contributed by atoms with Crippen LogP contribution in [0.4, 0.5) is 5.69 Å². The van der Waals surface area contributed by atoms with E-state index in [0.29, 0.717) is 23.4 Å². The van der Waals surface area contributed by atoms with Gasteiger partial charge in [0.05, 0.1) is 23.3 Å². The summed E-state index contributed by atoms with van der Waals surface area (Å²) >= 11 is 0. The van der Waals surface area contributed by atoms with Gasteiger partial charge in [0.2, 0.25) is 5.91 Å². The number of imidazole rings is 1. The summed E-state index contributed by atoms with van der Waals surface area (Å²) in [5.41, 5.74) is 1.87. The van der Waals surface area contributed by atoms with Crippen LogP contribution in [0.15, 0.2) is 64.4 Å². The van der Waals surface area contributed by atoms with Gasteiger partial charge in [-0.2, -0.15) is 3.97 Å². The van der Waals surface area contributed by atoms with Crippen LogP contribution in [0, 0.1) is 0 Å². The third kappa shape index (κ3) is 3.35. The molecule has 1 amide bonds. The number of anilines is 1. The number of rotatable bonds is 5. The van der Waals surface area contributed by atoms with E-state index >= 15 is 0 Å². The number of nitrogens with one attached hydrogen (secondary N) is 2. The van der Waals surface area contributed by atoms with E-state index in [1.165, 1.54) is 12.3 Å². The maximum absolute atomic E-state index is 13.2. The Kier molecular flexibility index (Phi) is 5.08. The molecule has 4 rings (SSSR count). The van der Waals surface area contributed by atoms with Crippen molar-refractivity contribution < 1.29 is 13.2 Å². The lowest BCUT2D eigenvalue weighted by Crippen LogP contribution is -2.40. The van der Waals surface area contributed by atoms with E-state index in [1.807, 2.05) is 25.1 Å². The van der Waals surface area contributed by atoms with Crippen molar-refractivity contribution in [3.8, 4) is 11.3 Å². The van der Waals surface area contributed by atoms with E-state index < -0.39 is 15.7 Å². The minimum atomic E-state index is -4.09. The summed E-state index contributed by atoms with van der Waals surface area (Å²) in [4.78, 5) is 29.1. The standard InChI is InChI=1S/C21H22N4O4S/c1-14-10-16-11-17(8-9-19(16)25(14)20(26)12-22-2)30(28,29)24-13-18(23-21(24)27)15-6-4-3-5-7-15/h3-9,11,13-14,22H,10,12H2,1-2H3,(H,23,27). The third-order valence-corrected chi connectivity index (χ3v) is 6.83. The van der Waals surface area contributed by atoms with Crippen molar-refractivity contribution in [1.82, 2.24) is 14.3 Å². The van der Waals surface area contributed by atoms with Crippen LogP contribution in [-0.2, 0) is 21.2 Å². The first-order chi connectivity index (χ1) is 14.3. The molecule has 30 heavy (non-hydrogen) atoms. The largest absolute Gasteiger partial charge is 0.340 e. The lowest BCUT2D eigenvalue weighted by Gasteiger charge is -2.22. The van der Waals surface area contributed by atoms with Crippen LogP contribution < -0.4 is 15.9 Å². The lowest BCUT2D eigenvalue weighted by molar-refractivity contribution is -0.118. The van der Waals surface area contributed by atoms with Gasteiger partial charge in [0, 0.05) is 11.7 Å². The average molecular weight is 426 g/mol. The van der Waals surface area contributed by atoms with Crippen molar-refractivity contribution in [2.24, 2.45) is 0 Å². The van der Waals surface area contributed by atoms with E-state index in [1.54, 1.807) is 36.2 Å². The molecular formula is C21H22N4O4S. The number of fused-ring (bicyclic) bond motifs is 1. The average Bonchev–Trinajstić information content (AvgIpc) is 3.28. The van der Waals surface area contributed by atoms with Gasteiger partial charge < -0.3 is 15.2 Å². The molecule has 2 N–H and O–H groups in total. The molecular weight excluding hydrogens is 404 g/mol. The molecule has 9 heteroatoms. The number of aromatic nitrogens is 2. The molecule has 0 saturated carbocycles. The highest BCUT2D eigenvalue weighted by molar-refractivity contribution is 7.90. The molecule has 2 aromatic carbocycles. The topological polar surface area (TPSA) is 104 Å². The number of H-pyrrole nitrogens is 1. The maximum Gasteiger partial charge on any atom is 0.340 e. The van der Waals surface area contributed by atoms with Crippen molar-refractivity contribution >= 4 is 21.6 Å². The lowest BCUT2D eigenvalue weighted by atomic mass is 10.1. The summed E-state index contributed by atoms with van der Waals surface area (Å²) in [6.45, 7) is 2.12. The molecule has 156 valence electrons. The fourth-order valence-corrected chi connectivity index (χ4v) is 5.09. The zero-order valence-electron chi connectivity index (χ0n) is 16.6. The third-order valence-electron chi connectivity index (χ3n) is 5.19. The Morgan fingerprint density at radius 3 is 2.63 bits per heavy atom. The second-order valence-electron chi connectivity index (χ2n) is 7.28. The molecule has 3 aromatic rings. The summed E-state index contributed by atoms with van der Waals surface area (Å²) in [6.07, 6.45) is 1.84. The number of amides is 1. The van der Waals surface area contributed by atoms with Crippen LogP contribution >= 0.6 is 0 Å². The fraction of sp³-hybridized carbons (Fsp3) is 0.238. The van der Waals surface area contributed by atoms with Crippen molar-refractivity contribution in [1.29, 1.82) is 0 Å². The summed E-state index contributed by atoms with van der Waals surface area (Å²) in [6, 6.07) is 13.6. The van der Waals surface area contributed by atoms with Gasteiger partial charge in [-0.05, 0) is 49.7 Å². The first kappa shape index (κ1) is 20.1. The van der Waals surface area contributed by atoms with Crippen LogP contribution in [0.3, 0.4) is 0 Å². The molecule has 1 unspecified atom stereocenters. The van der Waals surface area contributed by atoms with E-state index in [4.69, 9.17) is 0 Å². The molecule has 0 fully saturated rings. The van der Waals surface area contributed by atoms with Crippen LogP contribution in [0.2, 0.25) is 0 Å². The Morgan fingerprint density at radius 2 is 1.93 bits per heavy atom. The van der Waals surface area contributed by atoms with Gasteiger partial charge in [-0.1, -0.05) is 30.3 Å². The van der Waals surface area contributed by atoms with Gasteiger partial charge in [0.15, 0.2) is 0 Å². The summed E-state index contributed by atoms with van der Waals surface area (Å²) in [5, 5.41) is 2.85. The van der Waals surface area contributed by atoms with Crippen molar-refractivity contribution in [2.45, 2.75) is 24.3 Å². The van der Waals surface area contributed by atoms with Crippen LogP contribution in [-0.4, -0.2) is 42.9 Å². The highest BCUT2D eigenvalue weighted by Gasteiger charge is 2.32. The van der Waals surface area contributed by atoms with Crippen molar-refractivity contribution in [3.63, 3.8) is 0 Å². The molecule has 0 saturated heterocycles. The molecule has 1 aliphatic rings. The predicted octanol–water partition coefficient (Wildman–Crippen LogP) is 1.58. The maximum atomic E-state index is 13.2. The molecule has 8 nitrogen and oxygen atoms in total. The van der Waals surface area contributed by atoms with Gasteiger partial charge in [-0.3, -0.25) is 4.79 Å². The van der Waals surface area contributed by atoms with E-state index in [0.717, 1.165) is 9.54 Å². The zero-order chi connectivity index (χ0) is 21.5. The quantitative estimate of drug-likeness (QED) is 0.645. The monoisotopic (exact) mass is 426 g/mol. The molecule has 1 aromatic heterocycles. The Labute approximate surface area is 174 Å². The van der Waals surface area contributed by atoms with Crippen LogP contribution in [0.25, 0.3) is 11.3 Å². The molecule has 0 spiro atoms. The van der Waals surface area contributed by atoms with Gasteiger partial charge in [-0.25, -0.2) is 13.2 Å². The second kappa shape index (κ2) is 7.58. The summed E-state index contributed by atoms with van der Waals surface area (Å²) in [5.74, 6) is -0.0753. The Morgan fingerprint density at radius 1 is 1.20 bits per heavy atom. The van der Waals surface area contributed by atoms with E-state index in [9.17, 15) is 18.0 Å². The minimum absolute atomic E-state index is 0.0112. The van der Waals surface area contributed by atoms with Crippen molar-refractivity contribution in [3.05, 3.63) is 70.8 Å². The SMILES string of the molecule is CNCC(=O)N1c2ccc(S(=O)(=O)n3cc(-c4ccccc4)[nH]c3=O)cc2CC1C. The molecule has 2 heterocycles. The first-order valence-electron chi connectivity index (χ1n) is 9.55. The fourth-order valence-electron chi connectivity index (χ4n) is 3.82. The van der Waals surface area contributed by atoms with Gasteiger partial charge in [0.1, 0.15) is 0 Å². The predicted molar refractivity (Wildman–Crippen MR) is 114 cm³/mol. The van der Waals surface area contributed by atoms with Gasteiger partial charge >= 0.3 is 5.69 Å². The van der Waals surface area contributed by atoms with Gasteiger partial charge in [0.25, 0.3) is 10.0 Å². The molecule has 0 aliphatic carbocycles. The minimum Gasteiger partial charge on any atom is -0.311 e. The highest BCUT2D eigenvalue weighted by atomic mass is 32.2. The summed E-state index contributed by atoms with van der Waals surface area (Å²) < 4.78 is 27.0. The van der Waals surface area contributed by atoms with E-state index in [2.05, 4.69) is 10.3 Å². The van der Waals surface area contributed by atoms with Gasteiger partial charge in [-0.15, -0.1) is 0 Å². The molecule has 0 bridgehead atoms. The normalized spacial score (nSPS) is 15.9. The van der Waals surface area contributed by atoms with Crippen LogP contribution in [0.5, 0.6) is 0 Å². The second-order valence-corrected chi connectivity index (χ2v) is 9.09. The Hall–Kier alpha value is -3.17.